The molecule has 3 aliphatic rings. The first-order valence-corrected chi connectivity index (χ1v) is 7.07. The van der Waals surface area contributed by atoms with Crippen molar-refractivity contribution >= 4 is 5.71 Å². The van der Waals surface area contributed by atoms with Crippen molar-refractivity contribution in [3.63, 3.8) is 0 Å². The summed E-state index contributed by atoms with van der Waals surface area (Å²) < 4.78 is 0. The Bertz CT molecular complexity index is 280. The number of hydrogen-bond donors (Lipinski definition) is 1. The van der Waals surface area contributed by atoms with Gasteiger partial charge < -0.3 is 10.2 Å². The molecular weight excluding hydrogens is 214 g/mol. The maximum absolute atomic E-state index is 5.61. The third-order valence-electron chi connectivity index (χ3n) is 4.25. The predicted molar refractivity (Wildman–Crippen MR) is 68.2 cm³/mol. The number of rotatable bonds is 3. The summed E-state index contributed by atoms with van der Waals surface area (Å²) >= 11 is 0. The van der Waals surface area contributed by atoms with Gasteiger partial charge in [0, 0.05) is 45.1 Å². The number of nitrogens with zero attached hydrogens (tertiary/aromatic N) is 2. The molecule has 2 aliphatic heterocycles. The molecule has 0 bridgehead atoms. The lowest BCUT2D eigenvalue weighted by molar-refractivity contribution is 0.0492. The topological polar surface area (TPSA) is 36.9 Å². The van der Waals surface area contributed by atoms with Gasteiger partial charge >= 0.3 is 0 Å². The minimum absolute atomic E-state index is 0.323. The Hall–Kier alpha value is -0.610. The van der Waals surface area contributed by atoms with Gasteiger partial charge in [0.25, 0.3) is 0 Å². The third-order valence-corrected chi connectivity index (χ3v) is 4.25. The van der Waals surface area contributed by atoms with Gasteiger partial charge in [-0.1, -0.05) is 18.0 Å². The SMILES string of the molecule is C1CCC(C2=NOC(CN3CCNCC3)C2)C1. The summed E-state index contributed by atoms with van der Waals surface area (Å²) in [7, 11) is 0. The van der Waals surface area contributed by atoms with E-state index in [1.807, 2.05) is 0 Å². The monoisotopic (exact) mass is 237 g/mol. The first kappa shape index (κ1) is 11.5. The van der Waals surface area contributed by atoms with Crippen molar-refractivity contribution in [2.45, 2.75) is 38.2 Å². The molecule has 2 heterocycles. The van der Waals surface area contributed by atoms with Crippen LogP contribution in [0.2, 0.25) is 0 Å². The molecule has 4 nitrogen and oxygen atoms in total. The predicted octanol–water partition coefficient (Wildman–Crippen LogP) is 1.23. The van der Waals surface area contributed by atoms with E-state index in [0.29, 0.717) is 6.10 Å². The molecular formula is C13H23N3O. The van der Waals surface area contributed by atoms with Crippen molar-refractivity contribution in [3.8, 4) is 0 Å². The average Bonchev–Trinajstić information content (AvgIpc) is 3.00. The molecule has 0 amide bonds. The van der Waals surface area contributed by atoms with Crippen LogP contribution >= 0.6 is 0 Å². The van der Waals surface area contributed by atoms with E-state index in [-0.39, 0.29) is 0 Å². The molecule has 96 valence electrons. The zero-order valence-electron chi connectivity index (χ0n) is 10.5. The molecule has 1 saturated carbocycles. The molecule has 1 saturated heterocycles. The highest BCUT2D eigenvalue weighted by Gasteiger charge is 2.30. The van der Waals surface area contributed by atoms with Crippen LogP contribution in [0.4, 0.5) is 0 Å². The van der Waals surface area contributed by atoms with Gasteiger partial charge in [0.15, 0.2) is 0 Å². The molecule has 0 spiro atoms. The summed E-state index contributed by atoms with van der Waals surface area (Å²) in [4.78, 5) is 8.10. The molecule has 1 aliphatic carbocycles. The molecule has 0 radical (unpaired) electrons. The van der Waals surface area contributed by atoms with E-state index < -0.39 is 0 Å². The second-order valence-corrected chi connectivity index (χ2v) is 5.55. The normalized spacial score (nSPS) is 31.5. The molecule has 4 heteroatoms. The minimum atomic E-state index is 0.323. The Morgan fingerprint density at radius 3 is 2.76 bits per heavy atom. The Kier molecular flexibility index (Phi) is 3.62. The van der Waals surface area contributed by atoms with E-state index in [0.717, 1.165) is 45.1 Å². The average molecular weight is 237 g/mol. The van der Waals surface area contributed by atoms with Gasteiger partial charge in [-0.25, -0.2) is 0 Å². The van der Waals surface area contributed by atoms with Crippen LogP contribution in [-0.2, 0) is 4.84 Å². The summed E-state index contributed by atoms with van der Waals surface area (Å²) in [6, 6.07) is 0. The Labute approximate surface area is 103 Å². The van der Waals surface area contributed by atoms with Crippen LogP contribution in [0.15, 0.2) is 5.16 Å². The van der Waals surface area contributed by atoms with E-state index >= 15 is 0 Å². The van der Waals surface area contributed by atoms with Gasteiger partial charge in [0.05, 0.1) is 5.71 Å². The van der Waals surface area contributed by atoms with Gasteiger partial charge in [-0.3, -0.25) is 4.90 Å². The second-order valence-electron chi connectivity index (χ2n) is 5.55. The summed E-state index contributed by atoms with van der Waals surface area (Å²) in [6.07, 6.45) is 6.83. The number of oxime groups is 1. The number of piperazine rings is 1. The van der Waals surface area contributed by atoms with Crippen LogP contribution in [-0.4, -0.2) is 49.4 Å². The molecule has 0 aromatic heterocycles. The van der Waals surface area contributed by atoms with Crippen LogP contribution in [0, 0.1) is 5.92 Å². The lowest BCUT2D eigenvalue weighted by atomic mass is 9.97. The first-order valence-electron chi connectivity index (χ1n) is 7.07. The van der Waals surface area contributed by atoms with E-state index in [2.05, 4.69) is 15.4 Å². The molecule has 1 atom stereocenters. The molecule has 1 unspecified atom stereocenters. The highest BCUT2D eigenvalue weighted by atomic mass is 16.6. The quantitative estimate of drug-likeness (QED) is 0.802. The lowest BCUT2D eigenvalue weighted by Crippen LogP contribution is -2.46. The first-order chi connectivity index (χ1) is 8.42. The van der Waals surface area contributed by atoms with Crippen molar-refractivity contribution < 1.29 is 4.84 Å². The minimum Gasteiger partial charge on any atom is -0.391 e. The smallest absolute Gasteiger partial charge is 0.145 e. The van der Waals surface area contributed by atoms with Crippen molar-refractivity contribution in [3.05, 3.63) is 0 Å². The van der Waals surface area contributed by atoms with Gasteiger partial charge in [-0.15, -0.1) is 0 Å². The van der Waals surface area contributed by atoms with Gasteiger partial charge in [0.2, 0.25) is 0 Å². The van der Waals surface area contributed by atoms with Crippen LogP contribution in [0.3, 0.4) is 0 Å². The van der Waals surface area contributed by atoms with E-state index in [1.165, 1.54) is 31.4 Å². The second kappa shape index (κ2) is 5.36. The van der Waals surface area contributed by atoms with E-state index in [4.69, 9.17) is 4.84 Å². The largest absolute Gasteiger partial charge is 0.391 e. The van der Waals surface area contributed by atoms with Crippen molar-refractivity contribution in [1.82, 2.24) is 10.2 Å². The third kappa shape index (κ3) is 2.80. The van der Waals surface area contributed by atoms with Crippen LogP contribution < -0.4 is 5.32 Å². The summed E-state index contributed by atoms with van der Waals surface area (Å²) in [5, 5.41) is 7.72. The number of hydrogen-bond acceptors (Lipinski definition) is 4. The summed E-state index contributed by atoms with van der Waals surface area (Å²) in [5.74, 6) is 0.739. The zero-order valence-corrected chi connectivity index (χ0v) is 10.5. The highest BCUT2D eigenvalue weighted by Crippen LogP contribution is 2.30. The summed E-state index contributed by atoms with van der Waals surface area (Å²) in [6.45, 7) is 5.59. The van der Waals surface area contributed by atoms with Crippen molar-refractivity contribution in [2.75, 3.05) is 32.7 Å². The fourth-order valence-electron chi connectivity index (χ4n) is 3.23. The van der Waals surface area contributed by atoms with Gasteiger partial charge in [-0.2, -0.15) is 0 Å². The molecule has 0 aromatic rings. The molecule has 0 aromatic carbocycles. The van der Waals surface area contributed by atoms with Crippen LogP contribution in [0.25, 0.3) is 0 Å². The fourth-order valence-corrected chi connectivity index (χ4v) is 3.23. The standard InChI is InChI=1S/C13H23N3O/c1-2-4-11(3-1)13-9-12(17-15-13)10-16-7-5-14-6-8-16/h11-12,14H,1-10H2. The van der Waals surface area contributed by atoms with E-state index in [1.54, 1.807) is 0 Å². The maximum Gasteiger partial charge on any atom is 0.145 e. The summed E-state index contributed by atoms with van der Waals surface area (Å²) in [5.41, 5.74) is 1.35. The van der Waals surface area contributed by atoms with E-state index in [9.17, 15) is 0 Å². The van der Waals surface area contributed by atoms with Crippen LogP contribution in [0.5, 0.6) is 0 Å². The Balaban J connectivity index is 1.45. The Morgan fingerprint density at radius 1 is 1.24 bits per heavy atom. The molecule has 3 rings (SSSR count). The lowest BCUT2D eigenvalue weighted by Gasteiger charge is -2.28. The number of nitrogens with one attached hydrogen (secondary N) is 1. The molecule has 1 N–H and O–H groups in total. The Morgan fingerprint density at radius 2 is 2.00 bits per heavy atom. The zero-order chi connectivity index (χ0) is 11.5. The van der Waals surface area contributed by atoms with Gasteiger partial charge in [0.1, 0.15) is 6.10 Å². The maximum atomic E-state index is 5.61. The molecule has 17 heavy (non-hydrogen) atoms. The fraction of sp³-hybridized carbons (Fsp3) is 0.923. The van der Waals surface area contributed by atoms with Crippen molar-refractivity contribution in [2.24, 2.45) is 11.1 Å². The van der Waals surface area contributed by atoms with Gasteiger partial charge in [-0.05, 0) is 12.8 Å². The van der Waals surface area contributed by atoms with Crippen molar-refractivity contribution in [1.29, 1.82) is 0 Å². The van der Waals surface area contributed by atoms with Crippen LogP contribution in [0.1, 0.15) is 32.1 Å². The molecule has 2 fully saturated rings. The highest BCUT2D eigenvalue weighted by molar-refractivity contribution is 5.87.